The molecule has 0 radical (unpaired) electrons. The van der Waals surface area contributed by atoms with Crippen molar-refractivity contribution in [1.82, 2.24) is 25.6 Å². The number of benzene rings is 2. The maximum atomic E-state index is 12.7. The van der Waals surface area contributed by atoms with Crippen LogP contribution in [0.5, 0.6) is 5.75 Å². The molecule has 2 aromatic carbocycles. The average Bonchev–Trinajstić information content (AvgIpc) is 3.23. The second kappa shape index (κ2) is 9.30. The summed E-state index contributed by atoms with van der Waals surface area (Å²) in [5.41, 5.74) is 4.74. The monoisotopic (exact) mass is 415 g/mol. The lowest BCUT2D eigenvalue weighted by atomic mass is 10.1. The summed E-state index contributed by atoms with van der Waals surface area (Å²) in [5.74, 6) is 1.50. The van der Waals surface area contributed by atoms with Crippen molar-refractivity contribution in [3.8, 4) is 5.75 Å². The zero-order chi connectivity index (χ0) is 21.6. The van der Waals surface area contributed by atoms with Gasteiger partial charge in [0, 0.05) is 6.20 Å². The molecule has 2 heterocycles. The minimum atomic E-state index is -0.328. The van der Waals surface area contributed by atoms with Crippen LogP contribution < -0.4 is 15.4 Å². The van der Waals surface area contributed by atoms with E-state index in [-0.39, 0.29) is 12.1 Å². The molecule has 4 aromatic rings. The smallest absolute Gasteiger partial charge is 0.315 e. The molecule has 7 nitrogen and oxygen atoms in total. The number of H-pyrrole nitrogens is 1. The lowest BCUT2D eigenvalue weighted by Crippen LogP contribution is -2.39. The van der Waals surface area contributed by atoms with Crippen molar-refractivity contribution >= 4 is 17.1 Å². The van der Waals surface area contributed by atoms with Crippen LogP contribution in [0.15, 0.2) is 66.9 Å². The van der Waals surface area contributed by atoms with Crippen molar-refractivity contribution in [2.24, 2.45) is 0 Å². The van der Waals surface area contributed by atoms with E-state index in [4.69, 9.17) is 9.72 Å². The van der Waals surface area contributed by atoms with Gasteiger partial charge in [0.05, 0.1) is 36.4 Å². The molecule has 2 aromatic heterocycles. The number of methoxy groups -OCH3 is 1. The van der Waals surface area contributed by atoms with Gasteiger partial charge in [-0.05, 0) is 54.8 Å². The number of rotatable bonds is 7. The van der Waals surface area contributed by atoms with Crippen LogP contribution in [0, 0.1) is 6.92 Å². The van der Waals surface area contributed by atoms with Gasteiger partial charge >= 0.3 is 6.03 Å². The molecule has 0 aliphatic heterocycles. The summed E-state index contributed by atoms with van der Waals surface area (Å²) in [6.45, 7) is 2.33. The molecule has 7 heteroatoms. The van der Waals surface area contributed by atoms with E-state index in [2.05, 4.69) is 20.6 Å². The number of pyridine rings is 1. The second-order valence-electron chi connectivity index (χ2n) is 7.34. The van der Waals surface area contributed by atoms with E-state index in [1.165, 1.54) is 0 Å². The highest BCUT2D eigenvalue weighted by atomic mass is 16.5. The van der Waals surface area contributed by atoms with Crippen molar-refractivity contribution in [1.29, 1.82) is 0 Å². The third-order valence-electron chi connectivity index (χ3n) is 5.18. The molecule has 0 saturated heterocycles. The molecule has 0 bridgehead atoms. The Morgan fingerprint density at radius 1 is 1.10 bits per heavy atom. The van der Waals surface area contributed by atoms with E-state index in [9.17, 15) is 4.79 Å². The number of hydrogen-bond acceptors (Lipinski definition) is 4. The molecule has 0 saturated carbocycles. The Bertz CT molecular complexity index is 1140. The molecule has 0 fully saturated rings. The van der Waals surface area contributed by atoms with Crippen LogP contribution in [0.1, 0.15) is 28.7 Å². The average molecular weight is 415 g/mol. The van der Waals surface area contributed by atoms with Crippen molar-refractivity contribution in [2.75, 3.05) is 7.11 Å². The lowest BCUT2D eigenvalue weighted by molar-refractivity contribution is 0.236. The molecule has 3 N–H and O–H groups in total. The summed E-state index contributed by atoms with van der Waals surface area (Å²) < 4.78 is 5.24. The van der Waals surface area contributed by atoms with Gasteiger partial charge in [0.15, 0.2) is 0 Å². The van der Waals surface area contributed by atoms with E-state index in [0.717, 1.165) is 33.6 Å². The van der Waals surface area contributed by atoms with Crippen LogP contribution >= 0.6 is 0 Å². The van der Waals surface area contributed by atoms with Gasteiger partial charge in [0.1, 0.15) is 11.6 Å². The third kappa shape index (κ3) is 5.01. The third-order valence-corrected chi connectivity index (χ3v) is 5.18. The van der Waals surface area contributed by atoms with Crippen molar-refractivity contribution < 1.29 is 9.53 Å². The minimum Gasteiger partial charge on any atom is -0.497 e. The summed E-state index contributed by atoms with van der Waals surface area (Å²) in [4.78, 5) is 25.1. The Morgan fingerprint density at radius 3 is 2.65 bits per heavy atom. The van der Waals surface area contributed by atoms with Gasteiger partial charge in [-0.15, -0.1) is 0 Å². The van der Waals surface area contributed by atoms with E-state index < -0.39 is 0 Å². The molecular formula is C24H25N5O2. The summed E-state index contributed by atoms with van der Waals surface area (Å²) in [6.07, 6.45) is 2.31. The number of carbonyl (C=O) groups is 1. The van der Waals surface area contributed by atoms with Crippen LogP contribution in [-0.2, 0) is 13.0 Å². The highest BCUT2D eigenvalue weighted by Gasteiger charge is 2.19. The van der Waals surface area contributed by atoms with Crippen LogP contribution in [0.2, 0.25) is 0 Å². The molecule has 0 aliphatic carbocycles. The van der Waals surface area contributed by atoms with E-state index in [1.54, 1.807) is 13.3 Å². The number of hydrogen-bond donors (Lipinski definition) is 3. The summed E-state index contributed by atoms with van der Waals surface area (Å²) >= 11 is 0. The predicted octanol–water partition coefficient (Wildman–Crippen LogP) is 4.06. The Hall–Kier alpha value is -3.87. The van der Waals surface area contributed by atoms with Gasteiger partial charge in [-0.3, -0.25) is 4.98 Å². The number of fused-ring (bicyclic) bond motifs is 1. The van der Waals surface area contributed by atoms with Gasteiger partial charge in [-0.1, -0.05) is 30.3 Å². The number of carbonyl (C=O) groups excluding carboxylic acids is 1. The Morgan fingerprint density at radius 2 is 1.90 bits per heavy atom. The van der Waals surface area contributed by atoms with E-state index in [1.807, 2.05) is 67.6 Å². The zero-order valence-corrected chi connectivity index (χ0v) is 17.6. The Labute approximate surface area is 180 Å². The molecular weight excluding hydrogens is 390 g/mol. The molecule has 4 rings (SSSR count). The molecule has 158 valence electrons. The maximum absolute atomic E-state index is 12.7. The number of aromatic amines is 1. The zero-order valence-electron chi connectivity index (χ0n) is 17.6. The second-order valence-corrected chi connectivity index (χ2v) is 7.34. The van der Waals surface area contributed by atoms with Gasteiger partial charge in [0.25, 0.3) is 0 Å². The van der Waals surface area contributed by atoms with Gasteiger partial charge < -0.3 is 20.4 Å². The van der Waals surface area contributed by atoms with Crippen LogP contribution in [0.4, 0.5) is 4.79 Å². The number of para-hydroxylation sites is 2. The SMILES string of the molecule is COc1ccc(CC(NC(=O)NCc2ncccc2C)c2nc3ccccc3[nH]2)cc1. The number of urea groups is 1. The topological polar surface area (TPSA) is 91.9 Å². The quantitative estimate of drug-likeness (QED) is 0.424. The van der Waals surface area contributed by atoms with Crippen LogP contribution in [0.25, 0.3) is 11.0 Å². The van der Waals surface area contributed by atoms with E-state index in [0.29, 0.717) is 18.8 Å². The Kier molecular flexibility index (Phi) is 6.12. The van der Waals surface area contributed by atoms with Crippen molar-refractivity contribution in [3.63, 3.8) is 0 Å². The minimum absolute atomic E-state index is 0.274. The Balaban J connectivity index is 1.52. The number of aryl methyl sites for hydroxylation is 1. The fraction of sp³-hybridized carbons (Fsp3) is 0.208. The number of ether oxygens (including phenoxy) is 1. The van der Waals surface area contributed by atoms with E-state index >= 15 is 0 Å². The first-order valence-electron chi connectivity index (χ1n) is 10.1. The molecule has 1 unspecified atom stereocenters. The van der Waals surface area contributed by atoms with Gasteiger partial charge in [0.2, 0.25) is 0 Å². The standard InChI is InChI=1S/C24H25N5O2/c1-16-6-5-13-25-22(16)15-26-24(30)29-21(14-17-9-11-18(31-2)12-10-17)23-27-19-7-3-4-8-20(19)28-23/h3-13,21H,14-15H2,1-2H3,(H,27,28)(H2,26,29,30). The predicted molar refractivity (Wildman–Crippen MR) is 120 cm³/mol. The van der Waals surface area contributed by atoms with Crippen LogP contribution in [-0.4, -0.2) is 28.1 Å². The molecule has 0 aliphatic rings. The number of aromatic nitrogens is 3. The summed E-state index contributed by atoms with van der Waals surface area (Å²) in [7, 11) is 1.64. The van der Waals surface area contributed by atoms with Gasteiger partial charge in [-0.25, -0.2) is 9.78 Å². The first-order chi connectivity index (χ1) is 15.1. The number of nitrogens with zero attached hydrogens (tertiary/aromatic N) is 2. The molecule has 0 spiro atoms. The number of imidazole rings is 1. The first-order valence-corrected chi connectivity index (χ1v) is 10.1. The molecule has 1 atom stereocenters. The maximum Gasteiger partial charge on any atom is 0.315 e. The largest absolute Gasteiger partial charge is 0.497 e. The highest BCUT2D eigenvalue weighted by Crippen LogP contribution is 2.21. The highest BCUT2D eigenvalue weighted by molar-refractivity contribution is 5.76. The first kappa shape index (κ1) is 20.4. The van der Waals surface area contributed by atoms with Gasteiger partial charge in [-0.2, -0.15) is 0 Å². The number of nitrogens with one attached hydrogen (secondary N) is 3. The van der Waals surface area contributed by atoms with Crippen molar-refractivity contribution in [2.45, 2.75) is 25.9 Å². The van der Waals surface area contributed by atoms with Crippen LogP contribution in [0.3, 0.4) is 0 Å². The fourth-order valence-corrected chi connectivity index (χ4v) is 3.43. The molecule has 2 amide bonds. The lowest BCUT2D eigenvalue weighted by Gasteiger charge is -2.18. The normalized spacial score (nSPS) is 11.8. The fourth-order valence-electron chi connectivity index (χ4n) is 3.43. The van der Waals surface area contributed by atoms with Crippen molar-refractivity contribution in [3.05, 3.63) is 89.5 Å². The summed E-state index contributed by atoms with van der Waals surface area (Å²) in [5, 5.41) is 5.96. The summed E-state index contributed by atoms with van der Waals surface area (Å²) in [6, 6.07) is 18.9. The number of amides is 2. The molecule has 31 heavy (non-hydrogen) atoms.